The zero-order valence-electron chi connectivity index (χ0n) is 6.73. The minimum absolute atomic E-state index is 0.0322. The normalized spacial score (nSPS) is 12.3. The Morgan fingerprint density at radius 3 is 2.43 bits per heavy atom. The predicted molar refractivity (Wildman–Crippen MR) is 46.8 cm³/mol. The van der Waals surface area contributed by atoms with Gasteiger partial charge in [0, 0.05) is 10.1 Å². The maximum Gasteiger partial charge on any atom is 0.419 e. The largest absolute Gasteiger partial charge is 0.419 e. The molecule has 0 aliphatic heterocycles. The van der Waals surface area contributed by atoms with Gasteiger partial charge in [-0.05, 0) is 23.6 Å². The first-order chi connectivity index (χ1) is 6.50. The van der Waals surface area contributed by atoms with Crippen LogP contribution in [0.2, 0.25) is 0 Å². The zero-order chi connectivity index (χ0) is 10.3. The molecule has 0 amide bonds. The molecule has 0 nitrogen and oxygen atoms in total. The molecule has 0 aliphatic carbocycles. The molecule has 2 rings (SSSR count). The molecule has 0 saturated carbocycles. The van der Waals surface area contributed by atoms with E-state index < -0.39 is 17.6 Å². The lowest BCUT2D eigenvalue weighted by Crippen LogP contribution is -2.07. The van der Waals surface area contributed by atoms with Gasteiger partial charge in [0.05, 0.1) is 5.56 Å². The summed E-state index contributed by atoms with van der Waals surface area (Å²) < 4.78 is 50.5. The fraction of sp³-hybridized carbons (Fsp3) is 0.111. The number of fused-ring (bicyclic) bond motifs is 1. The summed E-state index contributed by atoms with van der Waals surface area (Å²) in [7, 11) is 0. The molecule has 1 aromatic carbocycles. The Morgan fingerprint density at radius 1 is 1.07 bits per heavy atom. The lowest BCUT2D eigenvalue weighted by Gasteiger charge is -2.07. The average molecular weight is 220 g/mol. The third kappa shape index (κ3) is 1.37. The highest BCUT2D eigenvalue weighted by atomic mass is 32.1. The molecule has 0 fully saturated rings. The van der Waals surface area contributed by atoms with E-state index in [1.54, 1.807) is 5.38 Å². The van der Waals surface area contributed by atoms with Crippen molar-refractivity contribution < 1.29 is 17.6 Å². The summed E-state index contributed by atoms with van der Waals surface area (Å²) in [5.74, 6) is -1.18. The third-order valence-electron chi connectivity index (χ3n) is 1.87. The molecule has 2 aromatic rings. The highest BCUT2D eigenvalue weighted by Gasteiger charge is 2.34. The van der Waals surface area contributed by atoms with E-state index in [9.17, 15) is 17.6 Å². The molecule has 1 aromatic heterocycles. The average Bonchev–Trinajstić information content (AvgIpc) is 2.50. The van der Waals surface area contributed by atoms with Crippen molar-refractivity contribution >= 4 is 21.4 Å². The van der Waals surface area contributed by atoms with E-state index in [1.807, 2.05) is 0 Å². The SMILES string of the molecule is Fc1c(C(F)(F)F)ccc2sccc12. The van der Waals surface area contributed by atoms with Crippen LogP contribution in [0.3, 0.4) is 0 Å². The van der Waals surface area contributed by atoms with Crippen molar-refractivity contribution in [1.29, 1.82) is 0 Å². The fourth-order valence-electron chi connectivity index (χ4n) is 1.23. The summed E-state index contributed by atoms with van der Waals surface area (Å²) in [6.45, 7) is 0. The van der Waals surface area contributed by atoms with Gasteiger partial charge in [0.1, 0.15) is 5.82 Å². The van der Waals surface area contributed by atoms with Crippen LogP contribution in [0.1, 0.15) is 5.56 Å². The molecule has 74 valence electrons. The van der Waals surface area contributed by atoms with Gasteiger partial charge in [0.25, 0.3) is 0 Å². The van der Waals surface area contributed by atoms with Crippen molar-refractivity contribution in [3.8, 4) is 0 Å². The van der Waals surface area contributed by atoms with Crippen LogP contribution in [0.5, 0.6) is 0 Å². The Labute approximate surface area is 80.8 Å². The predicted octanol–water partition coefficient (Wildman–Crippen LogP) is 4.06. The minimum atomic E-state index is -4.62. The number of hydrogen-bond donors (Lipinski definition) is 0. The van der Waals surface area contributed by atoms with Crippen LogP contribution in [0.25, 0.3) is 10.1 Å². The first-order valence-corrected chi connectivity index (χ1v) is 4.61. The van der Waals surface area contributed by atoms with Gasteiger partial charge >= 0.3 is 6.18 Å². The van der Waals surface area contributed by atoms with Crippen LogP contribution in [-0.2, 0) is 6.18 Å². The minimum Gasteiger partial charge on any atom is -0.206 e. The van der Waals surface area contributed by atoms with E-state index in [0.29, 0.717) is 4.70 Å². The maximum absolute atomic E-state index is 13.3. The van der Waals surface area contributed by atoms with Crippen LogP contribution in [0.15, 0.2) is 23.6 Å². The Kier molecular flexibility index (Phi) is 1.99. The Morgan fingerprint density at radius 2 is 1.79 bits per heavy atom. The number of benzene rings is 1. The molecule has 0 N–H and O–H groups in total. The second kappa shape index (κ2) is 2.95. The fourth-order valence-corrected chi connectivity index (χ4v) is 2.01. The van der Waals surface area contributed by atoms with Gasteiger partial charge in [-0.2, -0.15) is 13.2 Å². The van der Waals surface area contributed by atoms with Gasteiger partial charge in [0.15, 0.2) is 0 Å². The van der Waals surface area contributed by atoms with E-state index in [-0.39, 0.29) is 5.39 Å². The summed E-state index contributed by atoms with van der Waals surface area (Å²) in [6.07, 6.45) is -4.62. The quantitative estimate of drug-likeness (QED) is 0.587. The molecule has 0 saturated heterocycles. The summed E-state index contributed by atoms with van der Waals surface area (Å²) in [4.78, 5) is 0. The number of thiophene rings is 1. The number of halogens is 4. The van der Waals surface area contributed by atoms with Crippen molar-refractivity contribution in [1.82, 2.24) is 0 Å². The van der Waals surface area contributed by atoms with Crippen LogP contribution < -0.4 is 0 Å². The van der Waals surface area contributed by atoms with E-state index in [1.165, 1.54) is 23.5 Å². The molecule has 14 heavy (non-hydrogen) atoms. The molecule has 1 heterocycles. The monoisotopic (exact) mass is 220 g/mol. The Bertz CT molecular complexity index is 469. The highest BCUT2D eigenvalue weighted by molar-refractivity contribution is 7.17. The van der Waals surface area contributed by atoms with Crippen LogP contribution >= 0.6 is 11.3 Å². The molecule has 0 bridgehead atoms. The second-order valence-corrected chi connectivity index (χ2v) is 3.70. The maximum atomic E-state index is 13.3. The lowest BCUT2D eigenvalue weighted by molar-refractivity contribution is -0.139. The lowest BCUT2D eigenvalue weighted by atomic mass is 10.1. The standard InChI is InChI=1S/C9H4F4S/c10-8-5-3-4-14-7(5)2-1-6(8)9(11,12)13/h1-4H. The third-order valence-corrected chi connectivity index (χ3v) is 2.76. The Hall–Kier alpha value is -1.10. The first kappa shape index (κ1) is 9.45. The number of alkyl halides is 3. The second-order valence-electron chi connectivity index (χ2n) is 2.76. The van der Waals surface area contributed by atoms with E-state index in [0.717, 1.165) is 6.07 Å². The van der Waals surface area contributed by atoms with Crippen molar-refractivity contribution in [2.75, 3.05) is 0 Å². The van der Waals surface area contributed by atoms with Crippen molar-refractivity contribution in [3.63, 3.8) is 0 Å². The Balaban J connectivity index is 2.74. The molecule has 0 atom stereocenters. The van der Waals surface area contributed by atoms with Gasteiger partial charge in [-0.1, -0.05) is 0 Å². The number of hydrogen-bond acceptors (Lipinski definition) is 1. The first-order valence-electron chi connectivity index (χ1n) is 3.73. The van der Waals surface area contributed by atoms with Gasteiger partial charge in [-0.25, -0.2) is 4.39 Å². The van der Waals surface area contributed by atoms with Crippen molar-refractivity contribution in [2.45, 2.75) is 6.18 Å². The summed E-state index contributed by atoms with van der Waals surface area (Å²) in [5, 5.41) is 1.60. The number of rotatable bonds is 0. The molecular weight excluding hydrogens is 216 g/mol. The smallest absolute Gasteiger partial charge is 0.206 e. The highest BCUT2D eigenvalue weighted by Crippen LogP contribution is 2.35. The van der Waals surface area contributed by atoms with Gasteiger partial charge < -0.3 is 0 Å². The van der Waals surface area contributed by atoms with Gasteiger partial charge in [-0.3, -0.25) is 0 Å². The van der Waals surface area contributed by atoms with Crippen LogP contribution in [0, 0.1) is 5.82 Å². The van der Waals surface area contributed by atoms with Crippen LogP contribution in [0.4, 0.5) is 17.6 Å². The van der Waals surface area contributed by atoms with E-state index >= 15 is 0 Å². The van der Waals surface area contributed by atoms with Gasteiger partial charge in [0.2, 0.25) is 0 Å². The van der Waals surface area contributed by atoms with Crippen molar-refractivity contribution in [2.24, 2.45) is 0 Å². The summed E-state index contributed by atoms with van der Waals surface area (Å²) in [6, 6.07) is 3.41. The van der Waals surface area contributed by atoms with Gasteiger partial charge in [-0.15, -0.1) is 11.3 Å². The molecular formula is C9H4F4S. The van der Waals surface area contributed by atoms with Crippen molar-refractivity contribution in [3.05, 3.63) is 35.0 Å². The topological polar surface area (TPSA) is 0 Å². The summed E-state index contributed by atoms with van der Waals surface area (Å²) in [5.41, 5.74) is -1.21. The van der Waals surface area contributed by atoms with Crippen LogP contribution in [-0.4, -0.2) is 0 Å². The molecule has 0 spiro atoms. The molecule has 0 aliphatic rings. The molecule has 0 radical (unpaired) electrons. The molecule has 0 unspecified atom stereocenters. The van der Waals surface area contributed by atoms with E-state index in [2.05, 4.69) is 0 Å². The summed E-state index contributed by atoms with van der Waals surface area (Å²) >= 11 is 1.21. The van der Waals surface area contributed by atoms with E-state index in [4.69, 9.17) is 0 Å². The molecule has 5 heteroatoms. The zero-order valence-corrected chi connectivity index (χ0v) is 7.55.